The van der Waals surface area contributed by atoms with E-state index in [-0.39, 0.29) is 5.78 Å². The van der Waals surface area contributed by atoms with Crippen LogP contribution in [0.4, 0.5) is 0 Å². The van der Waals surface area contributed by atoms with E-state index in [0.29, 0.717) is 6.42 Å². The summed E-state index contributed by atoms with van der Waals surface area (Å²) in [6, 6.07) is 3.84. The Labute approximate surface area is 95.9 Å². The number of carbonyl (C=O) groups is 1. The number of hydrogen-bond acceptors (Lipinski definition) is 3. The monoisotopic (exact) mass is 225 g/mol. The average molecular weight is 225 g/mol. The third-order valence-corrected chi connectivity index (χ3v) is 3.26. The number of nitrogens with zero attached hydrogens (tertiary/aromatic N) is 1. The third-order valence-electron chi connectivity index (χ3n) is 2.34. The van der Waals surface area contributed by atoms with Crippen molar-refractivity contribution in [2.75, 3.05) is 20.1 Å². The maximum Gasteiger partial charge on any atom is 0.172 e. The van der Waals surface area contributed by atoms with Crippen molar-refractivity contribution in [1.29, 1.82) is 0 Å². The first-order valence-electron chi connectivity index (χ1n) is 5.49. The zero-order chi connectivity index (χ0) is 11.1. The fourth-order valence-electron chi connectivity index (χ4n) is 1.56. The van der Waals surface area contributed by atoms with Gasteiger partial charge in [-0.15, -0.1) is 11.3 Å². The molecule has 0 aliphatic carbocycles. The van der Waals surface area contributed by atoms with Crippen LogP contribution in [-0.4, -0.2) is 30.8 Å². The van der Waals surface area contributed by atoms with Crippen molar-refractivity contribution >= 4 is 17.1 Å². The molecule has 0 saturated heterocycles. The highest BCUT2D eigenvalue weighted by Gasteiger charge is 2.06. The summed E-state index contributed by atoms with van der Waals surface area (Å²) in [5.74, 6) is 0.287. The Morgan fingerprint density at radius 2 is 2.27 bits per heavy atom. The molecular weight excluding hydrogens is 206 g/mol. The van der Waals surface area contributed by atoms with E-state index in [1.165, 1.54) is 17.8 Å². The summed E-state index contributed by atoms with van der Waals surface area (Å²) in [6.45, 7) is 4.31. The Hall–Kier alpha value is -0.670. The van der Waals surface area contributed by atoms with Crippen LogP contribution in [-0.2, 0) is 0 Å². The maximum atomic E-state index is 11.6. The van der Waals surface area contributed by atoms with Crippen molar-refractivity contribution in [2.24, 2.45) is 0 Å². The van der Waals surface area contributed by atoms with E-state index in [1.807, 2.05) is 17.5 Å². The predicted octanol–water partition coefficient (Wildman–Crippen LogP) is 3.05. The molecule has 3 heteroatoms. The van der Waals surface area contributed by atoms with Gasteiger partial charge in [0.2, 0.25) is 0 Å². The van der Waals surface area contributed by atoms with Crippen LogP contribution in [0.5, 0.6) is 0 Å². The number of rotatable bonds is 7. The molecule has 0 spiro atoms. The first-order valence-corrected chi connectivity index (χ1v) is 6.37. The standard InChI is InChI=1S/C12H19NOS/c1-3-8-13(2)9-4-6-11(14)12-7-5-10-15-12/h5,7,10H,3-4,6,8-9H2,1-2H3. The highest BCUT2D eigenvalue weighted by atomic mass is 32.1. The molecule has 2 nitrogen and oxygen atoms in total. The van der Waals surface area contributed by atoms with Crippen LogP contribution >= 0.6 is 11.3 Å². The number of hydrogen-bond donors (Lipinski definition) is 0. The highest BCUT2D eigenvalue weighted by molar-refractivity contribution is 7.12. The molecule has 1 rings (SSSR count). The molecule has 0 saturated carbocycles. The average Bonchev–Trinajstić information content (AvgIpc) is 2.70. The lowest BCUT2D eigenvalue weighted by Gasteiger charge is -2.14. The molecule has 0 aromatic carbocycles. The second kappa shape index (κ2) is 6.75. The number of Topliss-reactive ketones (excluding diaryl/α,β-unsaturated/α-hetero) is 1. The van der Waals surface area contributed by atoms with E-state index in [9.17, 15) is 4.79 Å². The quantitative estimate of drug-likeness (QED) is 0.665. The summed E-state index contributed by atoms with van der Waals surface area (Å²) in [5, 5.41) is 1.95. The molecule has 15 heavy (non-hydrogen) atoms. The number of carbonyl (C=O) groups excluding carboxylic acids is 1. The maximum absolute atomic E-state index is 11.6. The summed E-state index contributed by atoms with van der Waals surface area (Å²) in [4.78, 5) is 14.8. The van der Waals surface area contributed by atoms with Gasteiger partial charge in [0.1, 0.15) is 0 Å². The Bertz CT molecular complexity index is 282. The lowest BCUT2D eigenvalue weighted by Crippen LogP contribution is -2.20. The van der Waals surface area contributed by atoms with Crippen LogP contribution in [0.15, 0.2) is 17.5 Å². The zero-order valence-electron chi connectivity index (χ0n) is 9.53. The van der Waals surface area contributed by atoms with Crippen LogP contribution in [0.1, 0.15) is 35.9 Å². The molecule has 0 amide bonds. The molecule has 0 N–H and O–H groups in total. The first-order chi connectivity index (χ1) is 7.24. The van der Waals surface area contributed by atoms with Gasteiger partial charge in [-0.05, 0) is 44.4 Å². The van der Waals surface area contributed by atoms with Gasteiger partial charge >= 0.3 is 0 Å². The third kappa shape index (κ3) is 4.58. The van der Waals surface area contributed by atoms with E-state index >= 15 is 0 Å². The number of ketones is 1. The molecule has 84 valence electrons. The minimum atomic E-state index is 0.287. The second-order valence-corrected chi connectivity index (χ2v) is 4.76. The second-order valence-electron chi connectivity index (χ2n) is 3.81. The molecule has 0 fully saturated rings. The van der Waals surface area contributed by atoms with E-state index in [2.05, 4.69) is 18.9 Å². The minimum Gasteiger partial charge on any atom is -0.306 e. The van der Waals surface area contributed by atoms with Crippen LogP contribution in [0.3, 0.4) is 0 Å². The summed E-state index contributed by atoms with van der Waals surface area (Å²) >= 11 is 1.54. The van der Waals surface area contributed by atoms with Crippen molar-refractivity contribution in [3.05, 3.63) is 22.4 Å². The van der Waals surface area contributed by atoms with Crippen molar-refractivity contribution in [3.8, 4) is 0 Å². The molecule has 0 bridgehead atoms. The van der Waals surface area contributed by atoms with Crippen LogP contribution < -0.4 is 0 Å². The smallest absolute Gasteiger partial charge is 0.172 e. The molecule has 1 heterocycles. The zero-order valence-corrected chi connectivity index (χ0v) is 10.3. The molecular formula is C12H19NOS. The van der Waals surface area contributed by atoms with Gasteiger partial charge in [-0.1, -0.05) is 13.0 Å². The Morgan fingerprint density at radius 3 is 2.87 bits per heavy atom. The fourth-order valence-corrected chi connectivity index (χ4v) is 2.26. The largest absolute Gasteiger partial charge is 0.306 e. The topological polar surface area (TPSA) is 20.3 Å². The summed E-state index contributed by atoms with van der Waals surface area (Å²) in [7, 11) is 2.11. The van der Waals surface area contributed by atoms with Crippen molar-refractivity contribution < 1.29 is 4.79 Å². The van der Waals surface area contributed by atoms with Crippen LogP contribution in [0.2, 0.25) is 0 Å². The summed E-state index contributed by atoms with van der Waals surface area (Å²) in [6.07, 6.45) is 2.82. The molecule has 0 atom stereocenters. The van der Waals surface area contributed by atoms with Crippen molar-refractivity contribution in [3.63, 3.8) is 0 Å². The SMILES string of the molecule is CCCN(C)CCCC(=O)c1cccs1. The lowest BCUT2D eigenvalue weighted by atomic mass is 10.2. The van der Waals surface area contributed by atoms with Crippen LogP contribution in [0, 0.1) is 0 Å². The molecule has 0 aliphatic heterocycles. The number of thiophene rings is 1. The van der Waals surface area contributed by atoms with E-state index in [1.54, 1.807) is 0 Å². The Morgan fingerprint density at radius 1 is 1.47 bits per heavy atom. The van der Waals surface area contributed by atoms with Gasteiger partial charge < -0.3 is 4.90 Å². The van der Waals surface area contributed by atoms with Gasteiger partial charge in [0.25, 0.3) is 0 Å². The van der Waals surface area contributed by atoms with Gasteiger partial charge in [0.15, 0.2) is 5.78 Å². The van der Waals surface area contributed by atoms with Crippen LogP contribution in [0.25, 0.3) is 0 Å². The highest BCUT2D eigenvalue weighted by Crippen LogP contribution is 2.12. The van der Waals surface area contributed by atoms with Crippen molar-refractivity contribution in [2.45, 2.75) is 26.2 Å². The molecule has 1 aromatic heterocycles. The van der Waals surface area contributed by atoms with Gasteiger partial charge in [-0.2, -0.15) is 0 Å². The van der Waals surface area contributed by atoms with Gasteiger partial charge in [0.05, 0.1) is 4.88 Å². The van der Waals surface area contributed by atoms with Gasteiger partial charge in [-0.25, -0.2) is 0 Å². The van der Waals surface area contributed by atoms with E-state index in [4.69, 9.17) is 0 Å². The van der Waals surface area contributed by atoms with Gasteiger partial charge in [-0.3, -0.25) is 4.79 Å². The predicted molar refractivity (Wildman–Crippen MR) is 65.7 cm³/mol. The normalized spacial score (nSPS) is 10.9. The first kappa shape index (κ1) is 12.4. The fraction of sp³-hybridized carbons (Fsp3) is 0.583. The Balaban J connectivity index is 2.18. The molecule has 0 unspecified atom stereocenters. The molecule has 1 aromatic rings. The summed E-state index contributed by atoms with van der Waals surface area (Å²) in [5.41, 5.74) is 0. The summed E-state index contributed by atoms with van der Waals surface area (Å²) < 4.78 is 0. The molecule has 0 aliphatic rings. The van der Waals surface area contributed by atoms with Gasteiger partial charge in [0, 0.05) is 6.42 Å². The lowest BCUT2D eigenvalue weighted by molar-refractivity contribution is 0.0980. The molecule has 0 radical (unpaired) electrons. The minimum absolute atomic E-state index is 0.287. The van der Waals surface area contributed by atoms with E-state index < -0.39 is 0 Å². The van der Waals surface area contributed by atoms with E-state index in [0.717, 1.165) is 24.4 Å². The Kier molecular flexibility index (Phi) is 5.58. The van der Waals surface area contributed by atoms with Crippen molar-refractivity contribution in [1.82, 2.24) is 4.90 Å².